The van der Waals surface area contributed by atoms with E-state index in [0.717, 1.165) is 0 Å². The minimum Gasteiger partial charge on any atom is -0.480 e. The van der Waals surface area contributed by atoms with Crippen molar-refractivity contribution in [2.45, 2.75) is 39.3 Å². The molecule has 15 heavy (non-hydrogen) atoms. The zero-order valence-electron chi connectivity index (χ0n) is 9.03. The molecule has 6 heteroatoms. The summed E-state index contributed by atoms with van der Waals surface area (Å²) in [6.07, 6.45) is 0.299. The van der Waals surface area contributed by atoms with Crippen LogP contribution in [0.5, 0.6) is 0 Å². The van der Waals surface area contributed by atoms with Crippen LogP contribution in [-0.2, 0) is 14.4 Å². The van der Waals surface area contributed by atoms with Gasteiger partial charge in [0, 0.05) is 6.92 Å². The number of amides is 2. The molecule has 0 bridgehead atoms. The molecule has 86 valence electrons. The van der Waals surface area contributed by atoms with Gasteiger partial charge < -0.3 is 15.7 Å². The number of hydrogen-bond acceptors (Lipinski definition) is 3. The SMILES string of the molecule is CC[C@H](NC(=O)C(C)NC(C)=O)C(=O)O. The lowest BCUT2D eigenvalue weighted by Gasteiger charge is -2.16. The third-order valence-electron chi connectivity index (χ3n) is 1.84. The molecular weight excluding hydrogens is 200 g/mol. The highest BCUT2D eigenvalue weighted by Crippen LogP contribution is 1.92. The second kappa shape index (κ2) is 6.00. The molecule has 2 atom stereocenters. The Morgan fingerprint density at radius 1 is 1.27 bits per heavy atom. The van der Waals surface area contributed by atoms with Crippen molar-refractivity contribution in [3.63, 3.8) is 0 Å². The summed E-state index contributed by atoms with van der Waals surface area (Å²) in [5.74, 6) is -1.92. The van der Waals surface area contributed by atoms with E-state index in [0.29, 0.717) is 6.42 Å². The zero-order chi connectivity index (χ0) is 12.0. The molecule has 0 spiro atoms. The highest BCUT2D eigenvalue weighted by Gasteiger charge is 2.21. The van der Waals surface area contributed by atoms with Gasteiger partial charge in [0.15, 0.2) is 0 Å². The number of carbonyl (C=O) groups is 3. The van der Waals surface area contributed by atoms with Crippen LogP contribution >= 0.6 is 0 Å². The Labute approximate surface area is 88.0 Å². The molecule has 0 aromatic carbocycles. The van der Waals surface area contributed by atoms with Crippen molar-refractivity contribution in [1.29, 1.82) is 0 Å². The number of hydrogen-bond donors (Lipinski definition) is 3. The minimum absolute atomic E-state index is 0.299. The number of nitrogens with one attached hydrogen (secondary N) is 2. The van der Waals surface area contributed by atoms with E-state index in [9.17, 15) is 14.4 Å². The average Bonchev–Trinajstić information content (AvgIpc) is 2.11. The Hall–Kier alpha value is -1.59. The number of carboxylic acids is 1. The fourth-order valence-corrected chi connectivity index (χ4v) is 1.01. The maximum atomic E-state index is 11.4. The largest absolute Gasteiger partial charge is 0.480 e. The van der Waals surface area contributed by atoms with E-state index in [4.69, 9.17) is 5.11 Å². The van der Waals surface area contributed by atoms with E-state index in [2.05, 4.69) is 10.6 Å². The van der Waals surface area contributed by atoms with E-state index in [1.54, 1.807) is 6.92 Å². The second-order valence-electron chi connectivity index (χ2n) is 3.23. The lowest BCUT2D eigenvalue weighted by Crippen LogP contribution is -2.49. The summed E-state index contributed by atoms with van der Waals surface area (Å²) in [5, 5.41) is 13.4. The summed E-state index contributed by atoms with van der Waals surface area (Å²) < 4.78 is 0. The quantitative estimate of drug-likeness (QED) is 0.576. The predicted molar refractivity (Wildman–Crippen MR) is 53.1 cm³/mol. The van der Waals surface area contributed by atoms with Crippen LogP contribution in [-0.4, -0.2) is 35.0 Å². The van der Waals surface area contributed by atoms with Crippen molar-refractivity contribution < 1.29 is 19.5 Å². The second-order valence-corrected chi connectivity index (χ2v) is 3.23. The van der Waals surface area contributed by atoms with E-state index in [1.807, 2.05) is 0 Å². The molecule has 0 saturated heterocycles. The molecule has 1 unspecified atom stereocenters. The number of aliphatic carboxylic acids is 1. The standard InChI is InChI=1S/C9H16N2O4/c1-4-7(9(14)15)11-8(13)5(2)10-6(3)12/h5,7H,4H2,1-3H3,(H,10,12)(H,11,13)(H,14,15)/t5?,7-/m0/s1. The Morgan fingerprint density at radius 3 is 2.13 bits per heavy atom. The van der Waals surface area contributed by atoms with Gasteiger partial charge in [0.25, 0.3) is 0 Å². The normalized spacial score (nSPS) is 13.8. The van der Waals surface area contributed by atoms with Crippen LogP contribution in [0.15, 0.2) is 0 Å². The lowest BCUT2D eigenvalue weighted by atomic mass is 10.2. The zero-order valence-corrected chi connectivity index (χ0v) is 9.03. The van der Waals surface area contributed by atoms with Gasteiger partial charge in [-0.1, -0.05) is 6.92 Å². The molecule has 0 aromatic heterocycles. The van der Waals surface area contributed by atoms with Gasteiger partial charge in [-0.2, -0.15) is 0 Å². The van der Waals surface area contributed by atoms with Gasteiger partial charge in [-0.05, 0) is 13.3 Å². The van der Waals surface area contributed by atoms with Crippen LogP contribution in [0.1, 0.15) is 27.2 Å². The summed E-state index contributed by atoms with van der Waals surface area (Å²) in [7, 11) is 0. The molecule has 0 aliphatic carbocycles. The molecule has 0 aliphatic rings. The lowest BCUT2D eigenvalue weighted by molar-refractivity contribution is -0.142. The third kappa shape index (κ3) is 4.99. The molecule has 0 heterocycles. The van der Waals surface area contributed by atoms with Crippen LogP contribution in [0, 0.1) is 0 Å². The van der Waals surface area contributed by atoms with Gasteiger partial charge in [0.2, 0.25) is 11.8 Å². The van der Waals surface area contributed by atoms with E-state index >= 15 is 0 Å². The molecule has 0 aromatic rings. The molecule has 0 fully saturated rings. The first-order valence-electron chi connectivity index (χ1n) is 4.68. The number of carbonyl (C=O) groups excluding carboxylic acids is 2. The Bertz CT molecular complexity index is 265. The molecule has 0 rings (SSSR count). The molecule has 2 amide bonds. The van der Waals surface area contributed by atoms with Crippen molar-refractivity contribution in [3.8, 4) is 0 Å². The molecule has 3 N–H and O–H groups in total. The van der Waals surface area contributed by atoms with Crippen molar-refractivity contribution in [1.82, 2.24) is 10.6 Å². The Kier molecular flexibility index (Phi) is 5.36. The number of carboxylic acid groups (broad SMARTS) is 1. The van der Waals surface area contributed by atoms with Crippen LogP contribution < -0.4 is 10.6 Å². The average molecular weight is 216 g/mol. The first-order chi connectivity index (χ1) is 6.88. The van der Waals surface area contributed by atoms with Gasteiger partial charge in [-0.25, -0.2) is 4.79 Å². The van der Waals surface area contributed by atoms with Crippen molar-refractivity contribution in [2.75, 3.05) is 0 Å². The van der Waals surface area contributed by atoms with Crippen molar-refractivity contribution in [3.05, 3.63) is 0 Å². The Balaban J connectivity index is 4.21. The van der Waals surface area contributed by atoms with Crippen LogP contribution in [0.25, 0.3) is 0 Å². The fourth-order valence-electron chi connectivity index (χ4n) is 1.01. The van der Waals surface area contributed by atoms with E-state index < -0.39 is 24.0 Å². The first kappa shape index (κ1) is 13.4. The van der Waals surface area contributed by atoms with Gasteiger partial charge in [0.05, 0.1) is 0 Å². The summed E-state index contributed by atoms with van der Waals surface area (Å²) in [6.45, 7) is 4.44. The first-order valence-corrected chi connectivity index (χ1v) is 4.68. The van der Waals surface area contributed by atoms with Crippen LogP contribution in [0.3, 0.4) is 0 Å². The topological polar surface area (TPSA) is 95.5 Å². The smallest absolute Gasteiger partial charge is 0.326 e. The summed E-state index contributed by atoms with van der Waals surface area (Å²) >= 11 is 0. The maximum absolute atomic E-state index is 11.4. The van der Waals surface area contributed by atoms with Crippen molar-refractivity contribution >= 4 is 17.8 Å². The van der Waals surface area contributed by atoms with E-state index in [-0.39, 0.29) is 5.91 Å². The minimum atomic E-state index is -1.08. The summed E-state index contributed by atoms with van der Waals surface area (Å²) in [6, 6.07) is -1.63. The fraction of sp³-hybridized carbons (Fsp3) is 0.667. The van der Waals surface area contributed by atoms with Crippen LogP contribution in [0.2, 0.25) is 0 Å². The van der Waals surface area contributed by atoms with Gasteiger partial charge in [0.1, 0.15) is 12.1 Å². The molecule has 6 nitrogen and oxygen atoms in total. The highest BCUT2D eigenvalue weighted by molar-refractivity contribution is 5.89. The third-order valence-corrected chi connectivity index (χ3v) is 1.84. The highest BCUT2D eigenvalue weighted by atomic mass is 16.4. The summed E-state index contributed by atoms with van der Waals surface area (Å²) in [4.78, 5) is 32.6. The Morgan fingerprint density at radius 2 is 1.80 bits per heavy atom. The molecule has 0 aliphatic heterocycles. The van der Waals surface area contributed by atoms with Gasteiger partial charge in [-0.15, -0.1) is 0 Å². The monoisotopic (exact) mass is 216 g/mol. The molecular formula is C9H16N2O4. The number of rotatable bonds is 5. The maximum Gasteiger partial charge on any atom is 0.326 e. The molecule has 0 saturated carbocycles. The van der Waals surface area contributed by atoms with Gasteiger partial charge in [-0.3, -0.25) is 9.59 Å². The van der Waals surface area contributed by atoms with Crippen LogP contribution in [0.4, 0.5) is 0 Å². The predicted octanol–water partition coefficient (Wildman–Crippen LogP) is -0.510. The molecule has 0 radical (unpaired) electrons. The van der Waals surface area contributed by atoms with Crippen molar-refractivity contribution in [2.24, 2.45) is 0 Å². The summed E-state index contributed by atoms with van der Waals surface area (Å²) in [5.41, 5.74) is 0. The van der Waals surface area contributed by atoms with Gasteiger partial charge >= 0.3 is 5.97 Å². The van der Waals surface area contributed by atoms with E-state index in [1.165, 1.54) is 13.8 Å².